The molecule has 128 valence electrons. The molecule has 1 fully saturated rings. The zero-order valence-electron chi connectivity index (χ0n) is 14.1. The van der Waals surface area contributed by atoms with Crippen molar-refractivity contribution in [3.05, 3.63) is 0 Å². The first kappa shape index (κ1) is 18.7. The number of hydrogen-bond donors (Lipinski definition) is 4. The van der Waals surface area contributed by atoms with Crippen LogP contribution in [0.4, 0.5) is 4.79 Å². The molecular weight excluding hydrogens is 284 g/mol. The monoisotopic (exact) mass is 314 g/mol. The molecule has 0 aromatic heterocycles. The van der Waals surface area contributed by atoms with Gasteiger partial charge in [-0.2, -0.15) is 0 Å². The maximum absolute atomic E-state index is 11.5. The van der Waals surface area contributed by atoms with Crippen molar-refractivity contribution in [1.29, 1.82) is 0 Å². The molecule has 0 radical (unpaired) electrons. The van der Waals surface area contributed by atoms with Crippen LogP contribution in [0.1, 0.15) is 59.8 Å². The third kappa shape index (κ3) is 6.64. The highest BCUT2D eigenvalue weighted by Crippen LogP contribution is 2.32. The molecule has 1 aliphatic rings. The topological polar surface area (TPSA) is 98.7 Å². The van der Waals surface area contributed by atoms with Crippen LogP contribution in [0.25, 0.3) is 0 Å². The summed E-state index contributed by atoms with van der Waals surface area (Å²) in [4.78, 5) is 22.5. The van der Waals surface area contributed by atoms with Gasteiger partial charge in [0.05, 0.1) is 0 Å². The Bertz CT molecular complexity index is 382. The minimum absolute atomic E-state index is 0.0501. The van der Waals surface area contributed by atoms with Gasteiger partial charge in [0.15, 0.2) is 0 Å². The lowest BCUT2D eigenvalue weighted by atomic mass is 9.76. The Morgan fingerprint density at radius 3 is 2.14 bits per heavy atom. The number of hydrogen-bond acceptors (Lipinski definition) is 3. The number of carboxylic acid groups (broad SMARTS) is 1. The van der Waals surface area contributed by atoms with Gasteiger partial charge in [-0.3, -0.25) is 4.79 Å². The summed E-state index contributed by atoms with van der Waals surface area (Å²) >= 11 is 0. The second-order valence-corrected chi connectivity index (χ2v) is 7.62. The van der Waals surface area contributed by atoms with Crippen molar-refractivity contribution in [2.24, 2.45) is 11.3 Å². The first-order valence-corrected chi connectivity index (χ1v) is 8.06. The fraction of sp³-hybridized carbons (Fsp3) is 0.875. The number of nitrogens with one attached hydrogen (secondary N) is 2. The van der Waals surface area contributed by atoms with E-state index in [2.05, 4.69) is 31.4 Å². The number of aliphatic hydroxyl groups is 1. The van der Waals surface area contributed by atoms with E-state index >= 15 is 0 Å². The molecule has 0 aromatic carbocycles. The highest BCUT2D eigenvalue weighted by molar-refractivity contribution is 5.80. The van der Waals surface area contributed by atoms with Crippen molar-refractivity contribution in [2.75, 3.05) is 0 Å². The van der Waals surface area contributed by atoms with Gasteiger partial charge in [-0.15, -0.1) is 0 Å². The molecule has 6 nitrogen and oxygen atoms in total. The number of rotatable bonds is 5. The van der Waals surface area contributed by atoms with Crippen molar-refractivity contribution in [3.63, 3.8) is 0 Å². The fourth-order valence-electron chi connectivity index (χ4n) is 3.14. The highest BCUT2D eigenvalue weighted by atomic mass is 16.4. The van der Waals surface area contributed by atoms with Gasteiger partial charge in [0.1, 0.15) is 6.10 Å². The molecule has 1 aliphatic carbocycles. The summed E-state index contributed by atoms with van der Waals surface area (Å²) in [6, 6.07) is 0.0318. The van der Waals surface area contributed by atoms with E-state index < -0.39 is 12.2 Å². The van der Waals surface area contributed by atoms with E-state index in [1.165, 1.54) is 6.92 Å². The lowest BCUT2D eigenvalue weighted by molar-refractivity contribution is -0.129. The van der Waals surface area contributed by atoms with E-state index in [4.69, 9.17) is 5.11 Å². The zero-order chi connectivity index (χ0) is 16.9. The van der Waals surface area contributed by atoms with Crippen LogP contribution in [0, 0.1) is 11.3 Å². The largest absolute Gasteiger partial charge is 0.465 e. The van der Waals surface area contributed by atoms with E-state index in [9.17, 15) is 14.7 Å². The molecule has 2 atom stereocenters. The lowest BCUT2D eigenvalue weighted by Gasteiger charge is -2.37. The summed E-state index contributed by atoms with van der Waals surface area (Å²) < 4.78 is 0. The summed E-state index contributed by atoms with van der Waals surface area (Å²) in [5, 5.41) is 23.8. The SMILES string of the molecule is C[C@@H](O)C(=O)NC1CCC([C@@H](CC(C)(C)C)NC(=O)O)CC1. The van der Waals surface area contributed by atoms with Crippen LogP contribution in [0.2, 0.25) is 0 Å². The van der Waals surface area contributed by atoms with Crippen LogP contribution in [-0.2, 0) is 4.79 Å². The Kier molecular flexibility index (Phi) is 6.66. The fourth-order valence-corrected chi connectivity index (χ4v) is 3.14. The highest BCUT2D eigenvalue weighted by Gasteiger charge is 2.32. The molecule has 0 spiro atoms. The van der Waals surface area contributed by atoms with Crippen molar-refractivity contribution >= 4 is 12.0 Å². The standard InChI is InChI=1S/C16H30N2O4/c1-10(19)14(20)17-12-7-5-11(6-8-12)13(18-15(21)22)9-16(2,3)4/h10-13,18-19H,5-9H2,1-4H3,(H,17,20)(H,21,22)/t10-,11?,12?,13-/m1/s1. The van der Waals surface area contributed by atoms with Crippen LogP contribution < -0.4 is 10.6 Å². The number of aliphatic hydroxyl groups excluding tert-OH is 1. The van der Waals surface area contributed by atoms with Crippen LogP contribution in [0.15, 0.2) is 0 Å². The molecule has 0 unspecified atom stereocenters. The molecule has 1 saturated carbocycles. The first-order valence-electron chi connectivity index (χ1n) is 8.06. The van der Waals surface area contributed by atoms with Gasteiger partial charge >= 0.3 is 6.09 Å². The van der Waals surface area contributed by atoms with E-state index in [1.54, 1.807) is 0 Å². The summed E-state index contributed by atoms with van der Waals surface area (Å²) in [5.41, 5.74) is 0.0600. The number of carbonyl (C=O) groups excluding carboxylic acids is 1. The summed E-state index contributed by atoms with van der Waals surface area (Å²) in [5.74, 6) is -0.0339. The minimum Gasteiger partial charge on any atom is -0.465 e. The predicted octanol–water partition coefficient (Wildman–Crippen LogP) is 2.11. The number of amides is 2. The van der Waals surface area contributed by atoms with Gasteiger partial charge in [-0.25, -0.2) is 4.79 Å². The van der Waals surface area contributed by atoms with Gasteiger partial charge in [0.2, 0.25) is 5.91 Å². The van der Waals surface area contributed by atoms with Gasteiger partial charge in [-0.1, -0.05) is 20.8 Å². The van der Waals surface area contributed by atoms with Gasteiger partial charge in [0, 0.05) is 12.1 Å². The van der Waals surface area contributed by atoms with Crippen molar-refractivity contribution in [1.82, 2.24) is 10.6 Å². The normalized spacial score (nSPS) is 25.1. The van der Waals surface area contributed by atoms with Crippen molar-refractivity contribution < 1.29 is 19.8 Å². The average Bonchev–Trinajstić information content (AvgIpc) is 2.36. The molecule has 0 aliphatic heterocycles. The Morgan fingerprint density at radius 2 is 1.73 bits per heavy atom. The molecule has 0 bridgehead atoms. The summed E-state index contributed by atoms with van der Waals surface area (Å²) in [7, 11) is 0. The van der Waals surface area contributed by atoms with Gasteiger partial charge in [0.25, 0.3) is 0 Å². The Morgan fingerprint density at radius 1 is 1.18 bits per heavy atom. The Hall–Kier alpha value is -1.30. The Labute approximate surface area is 132 Å². The molecule has 0 aromatic rings. The molecule has 1 rings (SSSR count). The average molecular weight is 314 g/mol. The first-order chi connectivity index (χ1) is 10.1. The number of carbonyl (C=O) groups is 2. The molecule has 0 saturated heterocycles. The van der Waals surface area contributed by atoms with Crippen molar-refractivity contribution in [2.45, 2.75) is 78.0 Å². The predicted molar refractivity (Wildman–Crippen MR) is 84.6 cm³/mol. The van der Waals surface area contributed by atoms with Crippen LogP contribution >= 0.6 is 0 Å². The lowest BCUT2D eigenvalue weighted by Crippen LogP contribution is -2.47. The molecule has 0 heterocycles. The van der Waals surface area contributed by atoms with Gasteiger partial charge in [-0.05, 0) is 50.4 Å². The van der Waals surface area contributed by atoms with Crippen molar-refractivity contribution in [3.8, 4) is 0 Å². The molecule has 2 amide bonds. The third-order valence-corrected chi connectivity index (χ3v) is 4.21. The second kappa shape index (κ2) is 7.81. The van der Waals surface area contributed by atoms with Gasteiger partial charge < -0.3 is 20.8 Å². The molecule has 6 heteroatoms. The Balaban J connectivity index is 2.55. The van der Waals surface area contributed by atoms with E-state index in [0.717, 1.165) is 32.1 Å². The van der Waals surface area contributed by atoms with Crippen LogP contribution in [0.5, 0.6) is 0 Å². The van der Waals surface area contributed by atoms with E-state index in [0.29, 0.717) is 5.92 Å². The van der Waals surface area contributed by atoms with Crippen LogP contribution in [-0.4, -0.2) is 40.4 Å². The third-order valence-electron chi connectivity index (χ3n) is 4.21. The smallest absolute Gasteiger partial charge is 0.404 e. The molecule has 22 heavy (non-hydrogen) atoms. The maximum Gasteiger partial charge on any atom is 0.404 e. The maximum atomic E-state index is 11.5. The van der Waals surface area contributed by atoms with E-state index in [1.807, 2.05) is 0 Å². The molecule has 4 N–H and O–H groups in total. The minimum atomic E-state index is -0.986. The summed E-state index contributed by atoms with van der Waals surface area (Å²) in [6.07, 6.45) is 2.25. The quantitative estimate of drug-likeness (QED) is 0.624. The second-order valence-electron chi connectivity index (χ2n) is 7.62. The van der Waals surface area contributed by atoms with E-state index in [-0.39, 0.29) is 23.4 Å². The van der Waals surface area contributed by atoms with Crippen LogP contribution in [0.3, 0.4) is 0 Å². The summed E-state index contributed by atoms with van der Waals surface area (Å²) in [6.45, 7) is 7.78. The molecular formula is C16H30N2O4. The zero-order valence-corrected chi connectivity index (χ0v) is 14.1.